The van der Waals surface area contributed by atoms with Crippen LogP contribution in [0.5, 0.6) is 0 Å². The number of nitrogens with one attached hydrogen (secondary N) is 1. The van der Waals surface area contributed by atoms with E-state index >= 15 is 0 Å². The molecule has 1 N–H and O–H groups in total. The molecule has 0 aliphatic heterocycles. The summed E-state index contributed by atoms with van der Waals surface area (Å²) in [6.45, 7) is 1.47. The number of nitrogens with zero attached hydrogens (tertiary/aromatic N) is 2. The van der Waals surface area contributed by atoms with E-state index in [0.29, 0.717) is 11.2 Å². The van der Waals surface area contributed by atoms with E-state index in [1.54, 1.807) is 12.3 Å². The van der Waals surface area contributed by atoms with Crippen molar-refractivity contribution in [1.29, 1.82) is 0 Å². The standard InChI is InChI=1S/C10H9N3O/c1-7(14)12-9-4-2-3-8-5-6-11-13-10(8)9/h2-6H,1H3,(H,12,14). The van der Waals surface area contributed by atoms with Crippen molar-refractivity contribution >= 4 is 22.5 Å². The summed E-state index contributed by atoms with van der Waals surface area (Å²) in [6.07, 6.45) is 1.62. The summed E-state index contributed by atoms with van der Waals surface area (Å²) in [6, 6.07) is 7.46. The number of amides is 1. The van der Waals surface area contributed by atoms with Gasteiger partial charge in [0.1, 0.15) is 5.52 Å². The number of anilines is 1. The van der Waals surface area contributed by atoms with Crippen molar-refractivity contribution in [2.75, 3.05) is 5.32 Å². The topological polar surface area (TPSA) is 54.9 Å². The van der Waals surface area contributed by atoms with Gasteiger partial charge in [-0.15, -0.1) is 5.10 Å². The number of benzene rings is 1. The van der Waals surface area contributed by atoms with Crippen LogP contribution in [0.4, 0.5) is 5.69 Å². The molecule has 0 saturated carbocycles. The third kappa shape index (κ3) is 1.54. The minimum Gasteiger partial charge on any atom is -0.324 e. The highest BCUT2D eigenvalue weighted by atomic mass is 16.1. The van der Waals surface area contributed by atoms with Gasteiger partial charge in [-0.1, -0.05) is 12.1 Å². The van der Waals surface area contributed by atoms with Crippen LogP contribution in [0.3, 0.4) is 0 Å². The lowest BCUT2D eigenvalue weighted by atomic mass is 10.2. The summed E-state index contributed by atoms with van der Waals surface area (Å²) >= 11 is 0. The van der Waals surface area contributed by atoms with Gasteiger partial charge in [0.25, 0.3) is 0 Å². The first-order valence-electron chi connectivity index (χ1n) is 4.25. The molecule has 0 aliphatic rings. The largest absolute Gasteiger partial charge is 0.324 e. The number of rotatable bonds is 1. The second-order valence-electron chi connectivity index (χ2n) is 2.96. The summed E-state index contributed by atoms with van der Waals surface area (Å²) in [7, 11) is 0. The molecule has 4 nitrogen and oxygen atoms in total. The molecule has 1 aromatic carbocycles. The van der Waals surface area contributed by atoms with Crippen LogP contribution in [-0.4, -0.2) is 16.1 Å². The fourth-order valence-corrected chi connectivity index (χ4v) is 1.30. The Morgan fingerprint density at radius 3 is 3.00 bits per heavy atom. The van der Waals surface area contributed by atoms with E-state index in [-0.39, 0.29) is 5.91 Å². The Balaban J connectivity index is 2.59. The molecule has 1 aromatic heterocycles. The van der Waals surface area contributed by atoms with Gasteiger partial charge in [0.05, 0.1) is 11.9 Å². The molecule has 0 radical (unpaired) electrons. The van der Waals surface area contributed by atoms with Gasteiger partial charge in [0.15, 0.2) is 0 Å². The molecule has 1 amide bonds. The number of fused-ring (bicyclic) bond motifs is 1. The molecule has 70 valence electrons. The molecular weight excluding hydrogens is 178 g/mol. The zero-order chi connectivity index (χ0) is 9.97. The first-order chi connectivity index (χ1) is 6.77. The molecule has 0 bridgehead atoms. The van der Waals surface area contributed by atoms with Crippen molar-refractivity contribution < 1.29 is 4.79 Å². The SMILES string of the molecule is CC(=O)Nc1cccc2ccnnc12. The number of hydrogen-bond donors (Lipinski definition) is 1. The predicted molar refractivity (Wildman–Crippen MR) is 53.8 cm³/mol. The fourth-order valence-electron chi connectivity index (χ4n) is 1.30. The van der Waals surface area contributed by atoms with E-state index in [2.05, 4.69) is 15.5 Å². The van der Waals surface area contributed by atoms with Gasteiger partial charge in [-0.25, -0.2) is 0 Å². The van der Waals surface area contributed by atoms with Crippen LogP contribution in [-0.2, 0) is 4.79 Å². The van der Waals surface area contributed by atoms with Crippen LogP contribution >= 0.6 is 0 Å². The van der Waals surface area contributed by atoms with E-state index in [0.717, 1.165) is 5.39 Å². The van der Waals surface area contributed by atoms with Crippen molar-refractivity contribution in [3.63, 3.8) is 0 Å². The summed E-state index contributed by atoms with van der Waals surface area (Å²) in [5.41, 5.74) is 1.41. The van der Waals surface area contributed by atoms with Gasteiger partial charge >= 0.3 is 0 Å². The van der Waals surface area contributed by atoms with E-state index in [9.17, 15) is 4.79 Å². The molecule has 4 heteroatoms. The lowest BCUT2D eigenvalue weighted by Gasteiger charge is -2.04. The molecule has 2 rings (SSSR count). The number of hydrogen-bond acceptors (Lipinski definition) is 3. The van der Waals surface area contributed by atoms with E-state index in [1.807, 2.05) is 18.2 Å². The Morgan fingerprint density at radius 1 is 1.36 bits per heavy atom. The molecule has 1 heterocycles. The van der Waals surface area contributed by atoms with Crippen LogP contribution in [0, 0.1) is 0 Å². The summed E-state index contributed by atoms with van der Waals surface area (Å²) in [5.74, 6) is -0.108. The van der Waals surface area contributed by atoms with Crippen molar-refractivity contribution in [2.45, 2.75) is 6.92 Å². The number of carbonyl (C=O) groups is 1. The zero-order valence-electron chi connectivity index (χ0n) is 7.69. The first-order valence-corrected chi connectivity index (χ1v) is 4.25. The van der Waals surface area contributed by atoms with Crippen molar-refractivity contribution in [3.8, 4) is 0 Å². The molecule has 2 aromatic rings. The van der Waals surface area contributed by atoms with Gasteiger partial charge in [-0.2, -0.15) is 5.10 Å². The highest BCUT2D eigenvalue weighted by Crippen LogP contribution is 2.19. The van der Waals surface area contributed by atoms with Crippen LogP contribution < -0.4 is 5.32 Å². The highest BCUT2D eigenvalue weighted by molar-refractivity contribution is 5.98. The van der Waals surface area contributed by atoms with E-state index in [4.69, 9.17) is 0 Å². The molecule has 0 fully saturated rings. The Labute approximate surface area is 81.0 Å². The maximum absolute atomic E-state index is 10.9. The number of carbonyl (C=O) groups excluding carboxylic acids is 1. The minimum absolute atomic E-state index is 0.108. The molecule has 14 heavy (non-hydrogen) atoms. The first kappa shape index (κ1) is 8.62. The summed E-state index contributed by atoms with van der Waals surface area (Å²) in [5, 5.41) is 11.4. The average Bonchev–Trinajstić information content (AvgIpc) is 2.18. The average molecular weight is 187 g/mol. The molecule has 0 saturated heterocycles. The van der Waals surface area contributed by atoms with Crippen molar-refractivity contribution in [2.24, 2.45) is 0 Å². The van der Waals surface area contributed by atoms with Crippen LogP contribution in [0.2, 0.25) is 0 Å². The maximum Gasteiger partial charge on any atom is 0.221 e. The van der Waals surface area contributed by atoms with E-state index < -0.39 is 0 Å². The maximum atomic E-state index is 10.9. The molecule has 0 atom stereocenters. The zero-order valence-corrected chi connectivity index (χ0v) is 7.69. The third-order valence-electron chi connectivity index (χ3n) is 1.86. The third-order valence-corrected chi connectivity index (χ3v) is 1.86. The van der Waals surface area contributed by atoms with Gasteiger partial charge in [-0.05, 0) is 12.1 Å². The lowest BCUT2D eigenvalue weighted by molar-refractivity contribution is -0.114. The molecule has 0 unspecified atom stereocenters. The Bertz CT molecular complexity index is 476. The second kappa shape index (κ2) is 3.41. The van der Waals surface area contributed by atoms with Crippen LogP contribution in [0.1, 0.15) is 6.92 Å². The molecule has 0 aliphatic carbocycles. The van der Waals surface area contributed by atoms with E-state index in [1.165, 1.54) is 6.92 Å². The van der Waals surface area contributed by atoms with Gasteiger partial charge in [0.2, 0.25) is 5.91 Å². The fraction of sp³-hybridized carbons (Fsp3) is 0.100. The minimum atomic E-state index is -0.108. The predicted octanol–water partition coefficient (Wildman–Crippen LogP) is 1.59. The monoisotopic (exact) mass is 187 g/mol. The quantitative estimate of drug-likeness (QED) is 0.737. The Morgan fingerprint density at radius 2 is 2.21 bits per heavy atom. The Hall–Kier alpha value is -1.97. The molecule has 0 spiro atoms. The highest BCUT2D eigenvalue weighted by Gasteiger charge is 2.02. The van der Waals surface area contributed by atoms with Gasteiger partial charge < -0.3 is 5.32 Å². The second-order valence-corrected chi connectivity index (χ2v) is 2.96. The van der Waals surface area contributed by atoms with Crippen molar-refractivity contribution in [3.05, 3.63) is 30.5 Å². The smallest absolute Gasteiger partial charge is 0.221 e. The number of aromatic nitrogens is 2. The summed E-state index contributed by atoms with van der Waals surface area (Å²) < 4.78 is 0. The lowest BCUT2D eigenvalue weighted by Crippen LogP contribution is -2.06. The van der Waals surface area contributed by atoms with Crippen molar-refractivity contribution in [1.82, 2.24) is 10.2 Å². The van der Waals surface area contributed by atoms with Gasteiger partial charge in [0, 0.05) is 12.3 Å². The summed E-state index contributed by atoms with van der Waals surface area (Å²) in [4.78, 5) is 10.9. The Kier molecular flexibility index (Phi) is 2.10. The van der Waals surface area contributed by atoms with Crippen LogP contribution in [0.15, 0.2) is 30.5 Å². The van der Waals surface area contributed by atoms with Gasteiger partial charge in [-0.3, -0.25) is 4.79 Å². The normalized spacial score (nSPS) is 10.1. The van der Waals surface area contributed by atoms with Crippen LogP contribution in [0.25, 0.3) is 10.9 Å². The molecular formula is C10H9N3O.